The van der Waals surface area contributed by atoms with E-state index in [-0.39, 0.29) is 0 Å². The number of thioether (sulfide) groups is 1. The summed E-state index contributed by atoms with van der Waals surface area (Å²) in [4.78, 5) is 12.6. The molecule has 0 bridgehead atoms. The van der Waals surface area contributed by atoms with Crippen molar-refractivity contribution in [2.75, 3.05) is 36.6 Å². The van der Waals surface area contributed by atoms with Crippen molar-refractivity contribution >= 4 is 34.7 Å². The van der Waals surface area contributed by atoms with Gasteiger partial charge in [-0.2, -0.15) is 0 Å². The molecule has 0 aromatic carbocycles. The van der Waals surface area contributed by atoms with Crippen LogP contribution in [-0.4, -0.2) is 36.4 Å². The molecule has 2 heterocycles. The quantitative estimate of drug-likeness (QED) is 0.627. The van der Waals surface area contributed by atoms with Gasteiger partial charge in [0.1, 0.15) is 11.6 Å². The summed E-state index contributed by atoms with van der Waals surface area (Å²) in [6.07, 6.45) is 3.05. The molecule has 0 atom stereocenters. The van der Waals surface area contributed by atoms with Gasteiger partial charge in [-0.25, -0.2) is 9.97 Å². The molecule has 20 heavy (non-hydrogen) atoms. The van der Waals surface area contributed by atoms with Gasteiger partial charge in [0.05, 0.1) is 0 Å². The third-order valence-corrected chi connectivity index (χ3v) is 4.38. The standard InChI is InChI=1S/C14H20N4S2/c1-4-15-12-10-13(17-14(16-12)19-3)18(2)8-7-11-6-5-9-20-11/h5-6,9-10H,4,7-8H2,1-3H3,(H,15,16,17). The summed E-state index contributed by atoms with van der Waals surface area (Å²) in [5, 5.41) is 6.19. The zero-order valence-corrected chi connectivity index (χ0v) is 13.7. The van der Waals surface area contributed by atoms with E-state index in [9.17, 15) is 0 Å². The van der Waals surface area contributed by atoms with E-state index in [0.717, 1.165) is 36.3 Å². The fourth-order valence-electron chi connectivity index (χ4n) is 1.82. The maximum Gasteiger partial charge on any atom is 0.191 e. The van der Waals surface area contributed by atoms with Crippen molar-refractivity contribution in [3.05, 3.63) is 28.5 Å². The second kappa shape index (κ2) is 7.50. The number of nitrogens with one attached hydrogen (secondary N) is 1. The average Bonchev–Trinajstić information content (AvgIpc) is 2.98. The van der Waals surface area contributed by atoms with Gasteiger partial charge in [-0.3, -0.25) is 0 Å². The monoisotopic (exact) mass is 308 g/mol. The van der Waals surface area contributed by atoms with Crippen LogP contribution in [0.3, 0.4) is 0 Å². The third-order valence-electron chi connectivity index (χ3n) is 2.90. The Morgan fingerprint density at radius 1 is 1.40 bits per heavy atom. The molecule has 0 aliphatic rings. The first kappa shape index (κ1) is 15.1. The minimum Gasteiger partial charge on any atom is -0.370 e. The van der Waals surface area contributed by atoms with Crippen LogP contribution in [0.1, 0.15) is 11.8 Å². The zero-order chi connectivity index (χ0) is 14.4. The van der Waals surface area contributed by atoms with E-state index >= 15 is 0 Å². The van der Waals surface area contributed by atoms with Crippen LogP contribution in [0.25, 0.3) is 0 Å². The van der Waals surface area contributed by atoms with E-state index in [1.807, 2.05) is 12.3 Å². The average molecular weight is 308 g/mol. The van der Waals surface area contributed by atoms with E-state index in [1.165, 1.54) is 4.88 Å². The van der Waals surface area contributed by atoms with Crippen LogP contribution in [0.2, 0.25) is 0 Å². The van der Waals surface area contributed by atoms with Crippen molar-refractivity contribution < 1.29 is 0 Å². The molecule has 2 rings (SSSR count). The Balaban J connectivity index is 2.07. The van der Waals surface area contributed by atoms with Crippen LogP contribution < -0.4 is 10.2 Å². The number of anilines is 2. The molecule has 0 spiro atoms. The molecule has 0 saturated heterocycles. The largest absolute Gasteiger partial charge is 0.370 e. The van der Waals surface area contributed by atoms with Gasteiger partial charge in [0, 0.05) is 31.1 Å². The van der Waals surface area contributed by atoms with Crippen molar-refractivity contribution in [2.45, 2.75) is 18.5 Å². The molecule has 0 radical (unpaired) electrons. The predicted molar refractivity (Wildman–Crippen MR) is 89.3 cm³/mol. The Morgan fingerprint density at radius 3 is 2.90 bits per heavy atom. The highest BCUT2D eigenvalue weighted by Crippen LogP contribution is 2.20. The second-order valence-corrected chi connectivity index (χ2v) is 6.18. The molecule has 4 nitrogen and oxygen atoms in total. The molecule has 1 N–H and O–H groups in total. The lowest BCUT2D eigenvalue weighted by Gasteiger charge is -2.19. The number of likely N-dealkylation sites (N-methyl/N-ethyl adjacent to an activating group) is 1. The van der Waals surface area contributed by atoms with Gasteiger partial charge in [-0.15, -0.1) is 11.3 Å². The molecule has 0 unspecified atom stereocenters. The van der Waals surface area contributed by atoms with E-state index in [0.29, 0.717) is 0 Å². The molecule has 2 aromatic rings. The normalized spacial score (nSPS) is 10.6. The Kier molecular flexibility index (Phi) is 5.67. The molecule has 2 aromatic heterocycles. The summed E-state index contributed by atoms with van der Waals surface area (Å²) >= 11 is 3.37. The molecule has 108 valence electrons. The van der Waals surface area contributed by atoms with Gasteiger partial charge >= 0.3 is 0 Å². The smallest absolute Gasteiger partial charge is 0.191 e. The van der Waals surface area contributed by atoms with Crippen molar-refractivity contribution in [1.82, 2.24) is 9.97 Å². The number of hydrogen-bond donors (Lipinski definition) is 1. The fraction of sp³-hybridized carbons (Fsp3) is 0.429. The SMILES string of the molecule is CCNc1cc(N(C)CCc2cccs2)nc(SC)n1. The van der Waals surface area contributed by atoms with Gasteiger partial charge in [-0.05, 0) is 31.0 Å². The van der Waals surface area contributed by atoms with Crippen LogP contribution in [-0.2, 0) is 6.42 Å². The first-order valence-corrected chi connectivity index (χ1v) is 8.73. The Morgan fingerprint density at radius 2 is 2.25 bits per heavy atom. The number of thiophene rings is 1. The lowest BCUT2D eigenvalue weighted by Crippen LogP contribution is -2.21. The van der Waals surface area contributed by atoms with Crippen molar-refractivity contribution in [2.24, 2.45) is 0 Å². The molecular formula is C14H20N4S2. The van der Waals surface area contributed by atoms with Crippen LogP contribution in [0.5, 0.6) is 0 Å². The summed E-state index contributed by atoms with van der Waals surface area (Å²) in [6.45, 7) is 3.89. The molecule has 6 heteroatoms. The minimum absolute atomic E-state index is 0.807. The fourth-order valence-corrected chi connectivity index (χ4v) is 2.89. The minimum atomic E-state index is 0.807. The number of hydrogen-bond acceptors (Lipinski definition) is 6. The highest BCUT2D eigenvalue weighted by atomic mass is 32.2. The summed E-state index contributed by atoms with van der Waals surface area (Å²) in [6, 6.07) is 6.29. The first-order chi connectivity index (χ1) is 9.72. The predicted octanol–water partition coefficient (Wildman–Crippen LogP) is 3.37. The summed E-state index contributed by atoms with van der Waals surface area (Å²) in [7, 11) is 2.08. The van der Waals surface area contributed by atoms with E-state index in [1.54, 1.807) is 23.1 Å². The van der Waals surface area contributed by atoms with Gasteiger partial charge < -0.3 is 10.2 Å². The number of aromatic nitrogens is 2. The first-order valence-electron chi connectivity index (χ1n) is 6.63. The van der Waals surface area contributed by atoms with E-state index in [2.05, 4.69) is 51.7 Å². The maximum absolute atomic E-state index is 4.58. The Labute approximate surface area is 128 Å². The second-order valence-electron chi connectivity index (χ2n) is 4.38. The lowest BCUT2D eigenvalue weighted by molar-refractivity contribution is 0.840. The topological polar surface area (TPSA) is 41.0 Å². The molecule has 0 aliphatic heterocycles. The Hall–Kier alpha value is -1.27. The Bertz CT molecular complexity index is 528. The zero-order valence-electron chi connectivity index (χ0n) is 12.1. The van der Waals surface area contributed by atoms with Crippen LogP contribution in [0.15, 0.2) is 28.7 Å². The number of nitrogens with zero attached hydrogens (tertiary/aromatic N) is 3. The van der Waals surface area contributed by atoms with Crippen molar-refractivity contribution in [3.63, 3.8) is 0 Å². The molecule has 0 aliphatic carbocycles. The lowest BCUT2D eigenvalue weighted by atomic mass is 10.3. The molecule has 0 saturated carbocycles. The van der Waals surface area contributed by atoms with Crippen LogP contribution >= 0.6 is 23.1 Å². The van der Waals surface area contributed by atoms with Gasteiger partial charge in [-0.1, -0.05) is 17.8 Å². The van der Waals surface area contributed by atoms with Gasteiger partial charge in [0.25, 0.3) is 0 Å². The van der Waals surface area contributed by atoms with E-state index in [4.69, 9.17) is 0 Å². The molecular weight excluding hydrogens is 288 g/mol. The molecule has 0 fully saturated rings. The van der Waals surface area contributed by atoms with Gasteiger partial charge in [0.2, 0.25) is 0 Å². The highest BCUT2D eigenvalue weighted by Gasteiger charge is 2.08. The van der Waals surface area contributed by atoms with Crippen molar-refractivity contribution in [1.29, 1.82) is 0 Å². The summed E-state index contributed by atoms with van der Waals surface area (Å²) in [5.41, 5.74) is 0. The van der Waals surface area contributed by atoms with Crippen LogP contribution in [0.4, 0.5) is 11.6 Å². The van der Waals surface area contributed by atoms with Crippen molar-refractivity contribution in [3.8, 4) is 0 Å². The summed E-state index contributed by atoms with van der Waals surface area (Å²) in [5.74, 6) is 1.86. The number of rotatable bonds is 7. The van der Waals surface area contributed by atoms with Gasteiger partial charge in [0.15, 0.2) is 5.16 Å². The molecule has 0 amide bonds. The maximum atomic E-state index is 4.58. The third kappa shape index (κ3) is 4.11. The highest BCUT2D eigenvalue weighted by molar-refractivity contribution is 7.98. The van der Waals surface area contributed by atoms with E-state index < -0.39 is 0 Å². The van der Waals surface area contributed by atoms with Crippen LogP contribution in [0, 0.1) is 0 Å². The summed E-state index contributed by atoms with van der Waals surface area (Å²) < 4.78 is 0.